The number of nitrogens with one attached hydrogen (secondary N) is 1. The number of aryl methyl sites for hydroxylation is 1. The van der Waals surface area contributed by atoms with Crippen LogP contribution in [0.4, 0.5) is 0 Å². The number of aliphatic carboxylic acids is 1. The third kappa shape index (κ3) is 1.69. The highest BCUT2D eigenvalue weighted by Gasteiger charge is 2.46. The predicted molar refractivity (Wildman–Crippen MR) is 64.0 cm³/mol. The summed E-state index contributed by atoms with van der Waals surface area (Å²) in [6.45, 7) is 2.11. The Balaban J connectivity index is 1.95. The smallest absolute Gasteiger partial charge is 0.307 e. The van der Waals surface area contributed by atoms with Gasteiger partial charge in [0.05, 0.1) is 17.0 Å². The molecule has 2 aromatic rings. The van der Waals surface area contributed by atoms with E-state index in [-0.39, 0.29) is 11.8 Å². The number of carboxylic acids is 1. The summed E-state index contributed by atoms with van der Waals surface area (Å²) in [4.78, 5) is 18.5. The molecule has 2 N–H and O–H groups in total. The lowest BCUT2D eigenvalue weighted by Crippen LogP contribution is -1.99. The molecule has 88 valence electrons. The zero-order valence-corrected chi connectivity index (χ0v) is 9.60. The molecule has 2 atom stereocenters. The summed E-state index contributed by atoms with van der Waals surface area (Å²) in [5.74, 6) is -0.0726. The lowest BCUT2D eigenvalue weighted by molar-refractivity contribution is -0.138. The van der Waals surface area contributed by atoms with Crippen LogP contribution in [0.25, 0.3) is 11.0 Å². The number of nitrogens with zero attached hydrogens (tertiary/aromatic N) is 1. The van der Waals surface area contributed by atoms with Gasteiger partial charge in [-0.25, -0.2) is 4.98 Å². The first-order chi connectivity index (χ1) is 8.19. The van der Waals surface area contributed by atoms with Crippen molar-refractivity contribution in [1.29, 1.82) is 0 Å². The number of hydrogen-bond donors (Lipinski definition) is 2. The van der Waals surface area contributed by atoms with Gasteiger partial charge in [0.1, 0.15) is 5.82 Å². The third-order valence-electron chi connectivity index (χ3n) is 3.43. The highest BCUT2D eigenvalue weighted by Crippen LogP contribution is 2.46. The molecule has 0 radical (unpaired) electrons. The fraction of sp³-hybridized carbons (Fsp3) is 0.385. The van der Waals surface area contributed by atoms with E-state index in [1.54, 1.807) is 0 Å². The number of carbonyl (C=O) groups is 1. The molecule has 4 heteroatoms. The van der Waals surface area contributed by atoms with Gasteiger partial charge in [-0.2, -0.15) is 0 Å². The minimum absolute atomic E-state index is 0.0741. The number of fused-ring (bicyclic) bond motifs is 1. The Hall–Kier alpha value is -1.84. The van der Waals surface area contributed by atoms with Crippen molar-refractivity contribution in [3.63, 3.8) is 0 Å². The van der Waals surface area contributed by atoms with E-state index in [0.717, 1.165) is 23.3 Å². The molecule has 3 rings (SSSR count). The summed E-state index contributed by atoms with van der Waals surface area (Å²) in [5, 5.41) is 8.90. The molecule has 17 heavy (non-hydrogen) atoms. The molecule has 0 spiro atoms. The van der Waals surface area contributed by atoms with E-state index >= 15 is 0 Å². The highest BCUT2D eigenvalue weighted by atomic mass is 16.4. The van der Waals surface area contributed by atoms with Gasteiger partial charge in [-0.15, -0.1) is 0 Å². The van der Waals surface area contributed by atoms with E-state index in [9.17, 15) is 4.79 Å². The molecular formula is C13H14N2O2. The Morgan fingerprint density at radius 3 is 3.06 bits per heavy atom. The van der Waals surface area contributed by atoms with Crippen molar-refractivity contribution in [2.75, 3.05) is 0 Å². The number of rotatable bonds is 3. The average molecular weight is 230 g/mol. The second kappa shape index (κ2) is 3.58. The van der Waals surface area contributed by atoms with Crippen LogP contribution in [0.15, 0.2) is 18.2 Å². The van der Waals surface area contributed by atoms with Crippen LogP contribution in [0.1, 0.15) is 30.7 Å². The molecule has 0 aliphatic heterocycles. The SMILES string of the molecule is CCc1ccc2nc(C3CC3C(=O)O)[nH]c2c1. The van der Waals surface area contributed by atoms with Crippen molar-refractivity contribution in [2.45, 2.75) is 25.7 Å². The largest absolute Gasteiger partial charge is 0.481 e. The number of aromatic amines is 1. The lowest BCUT2D eigenvalue weighted by Gasteiger charge is -1.94. The van der Waals surface area contributed by atoms with Gasteiger partial charge in [0.2, 0.25) is 0 Å². The molecule has 2 unspecified atom stereocenters. The van der Waals surface area contributed by atoms with Gasteiger partial charge >= 0.3 is 5.97 Å². The van der Waals surface area contributed by atoms with Crippen molar-refractivity contribution in [3.8, 4) is 0 Å². The van der Waals surface area contributed by atoms with E-state index < -0.39 is 5.97 Å². The summed E-state index contributed by atoms with van der Waals surface area (Å²) in [6.07, 6.45) is 1.70. The first-order valence-electron chi connectivity index (χ1n) is 5.90. The van der Waals surface area contributed by atoms with Crippen LogP contribution in [0.5, 0.6) is 0 Å². The summed E-state index contributed by atoms with van der Waals surface area (Å²) >= 11 is 0. The molecule has 1 fully saturated rings. The van der Waals surface area contributed by atoms with E-state index in [1.807, 2.05) is 6.07 Å². The second-order valence-corrected chi connectivity index (χ2v) is 4.61. The normalized spacial score (nSPS) is 22.9. The van der Waals surface area contributed by atoms with Crippen molar-refractivity contribution in [2.24, 2.45) is 5.92 Å². The van der Waals surface area contributed by atoms with Crippen LogP contribution in [-0.2, 0) is 11.2 Å². The fourth-order valence-corrected chi connectivity index (χ4v) is 2.24. The summed E-state index contributed by atoms with van der Waals surface area (Å²) in [6, 6.07) is 6.14. The number of H-pyrrole nitrogens is 1. The van der Waals surface area contributed by atoms with Gasteiger partial charge < -0.3 is 10.1 Å². The summed E-state index contributed by atoms with van der Waals surface area (Å²) in [7, 11) is 0. The lowest BCUT2D eigenvalue weighted by atomic mass is 10.1. The van der Waals surface area contributed by atoms with E-state index in [1.165, 1.54) is 5.56 Å². The maximum atomic E-state index is 10.8. The second-order valence-electron chi connectivity index (χ2n) is 4.61. The maximum Gasteiger partial charge on any atom is 0.307 e. The Morgan fingerprint density at radius 2 is 2.41 bits per heavy atom. The van der Waals surface area contributed by atoms with Crippen molar-refractivity contribution in [3.05, 3.63) is 29.6 Å². The Kier molecular flexibility index (Phi) is 2.18. The molecule has 1 aromatic heterocycles. The van der Waals surface area contributed by atoms with Gasteiger partial charge in [0.25, 0.3) is 0 Å². The van der Waals surface area contributed by atoms with E-state index in [4.69, 9.17) is 5.11 Å². The topological polar surface area (TPSA) is 66.0 Å². The van der Waals surface area contributed by atoms with Crippen LogP contribution >= 0.6 is 0 Å². The maximum absolute atomic E-state index is 10.8. The molecule has 0 saturated heterocycles. The molecular weight excluding hydrogens is 216 g/mol. The average Bonchev–Trinajstić information content (AvgIpc) is 3.02. The van der Waals surface area contributed by atoms with Crippen LogP contribution in [0.2, 0.25) is 0 Å². The minimum Gasteiger partial charge on any atom is -0.481 e. The molecule has 1 heterocycles. The molecule has 0 amide bonds. The zero-order chi connectivity index (χ0) is 12.0. The van der Waals surface area contributed by atoms with E-state index in [2.05, 4.69) is 29.0 Å². The Labute approximate surface area is 98.7 Å². The third-order valence-corrected chi connectivity index (χ3v) is 3.43. The highest BCUT2D eigenvalue weighted by molar-refractivity contribution is 5.78. The van der Waals surface area contributed by atoms with Crippen LogP contribution in [-0.4, -0.2) is 21.0 Å². The fourth-order valence-electron chi connectivity index (χ4n) is 2.24. The number of hydrogen-bond acceptors (Lipinski definition) is 2. The minimum atomic E-state index is -0.718. The number of benzene rings is 1. The first-order valence-corrected chi connectivity index (χ1v) is 5.90. The van der Waals surface area contributed by atoms with Crippen molar-refractivity contribution in [1.82, 2.24) is 9.97 Å². The van der Waals surface area contributed by atoms with Gasteiger partial charge in [-0.1, -0.05) is 13.0 Å². The van der Waals surface area contributed by atoms with Crippen molar-refractivity contribution < 1.29 is 9.90 Å². The summed E-state index contributed by atoms with van der Waals surface area (Å²) < 4.78 is 0. The van der Waals surface area contributed by atoms with Crippen molar-refractivity contribution >= 4 is 17.0 Å². The number of imidazole rings is 1. The van der Waals surface area contributed by atoms with Gasteiger partial charge in [-0.3, -0.25) is 4.79 Å². The molecule has 1 aliphatic rings. The quantitative estimate of drug-likeness (QED) is 0.850. The standard InChI is InChI=1S/C13H14N2O2/c1-2-7-3-4-10-11(5-7)15-12(14-10)8-6-9(8)13(16)17/h3-5,8-9H,2,6H2,1H3,(H,14,15)(H,16,17). The Morgan fingerprint density at radius 1 is 1.59 bits per heavy atom. The number of aromatic nitrogens is 2. The molecule has 0 bridgehead atoms. The monoisotopic (exact) mass is 230 g/mol. The van der Waals surface area contributed by atoms with E-state index in [0.29, 0.717) is 6.42 Å². The summed E-state index contributed by atoms with van der Waals surface area (Å²) in [5.41, 5.74) is 3.20. The first kappa shape index (κ1) is 10.3. The van der Waals surface area contributed by atoms with Gasteiger partial charge in [0.15, 0.2) is 0 Å². The number of carboxylic acid groups (broad SMARTS) is 1. The molecule has 1 saturated carbocycles. The molecule has 1 aliphatic carbocycles. The van der Waals surface area contributed by atoms with Crippen LogP contribution in [0, 0.1) is 5.92 Å². The van der Waals surface area contributed by atoms with Gasteiger partial charge in [-0.05, 0) is 30.5 Å². The van der Waals surface area contributed by atoms with Gasteiger partial charge in [0, 0.05) is 5.92 Å². The Bertz CT molecular complexity index is 588. The molecule has 1 aromatic carbocycles. The molecule has 4 nitrogen and oxygen atoms in total. The predicted octanol–water partition coefficient (Wildman–Crippen LogP) is 2.31. The zero-order valence-electron chi connectivity index (χ0n) is 9.60. The van der Waals surface area contributed by atoms with Crippen LogP contribution < -0.4 is 0 Å². The van der Waals surface area contributed by atoms with Crippen LogP contribution in [0.3, 0.4) is 0 Å².